The van der Waals surface area contributed by atoms with Gasteiger partial charge in [-0.3, -0.25) is 10.3 Å². The van der Waals surface area contributed by atoms with Gasteiger partial charge in [0.05, 0.1) is 5.02 Å². The number of carboxylic acids is 1. The minimum atomic E-state index is -4.92. The average molecular weight is 283 g/mol. The van der Waals surface area contributed by atoms with E-state index < -0.39 is 17.7 Å². The molecular formula is C10H10ClF3N2O2. The molecule has 8 heteroatoms. The molecule has 0 aromatic carbocycles. The zero-order valence-corrected chi connectivity index (χ0v) is 10.0. The van der Waals surface area contributed by atoms with Crippen molar-refractivity contribution < 1.29 is 23.1 Å². The molecule has 1 rings (SSSR count). The van der Waals surface area contributed by atoms with Gasteiger partial charge in [0.25, 0.3) is 0 Å². The SMILES string of the molecule is CC(NCc1ccncc1Cl)(C(=O)O)C(F)(F)F. The lowest BCUT2D eigenvalue weighted by atomic mass is 10.0. The van der Waals surface area contributed by atoms with Gasteiger partial charge in [0.2, 0.25) is 5.54 Å². The van der Waals surface area contributed by atoms with Crippen LogP contribution in [-0.4, -0.2) is 27.8 Å². The molecule has 2 N–H and O–H groups in total. The van der Waals surface area contributed by atoms with Gasteiger partial charge in [0.1, 0.15) is 0 Å². The van der Waals surface area contributed by atoms with Crippen molar-refractivity contribution >= 4 is 17.6 Å². The molecule has 0 saturated heterocycles. The van der Waals surface area contributed by atoms with E-state index in [1.165, 1.54) is 18.5 Å². The Kier molecular flexibility index (Phi) is 4.18. The molecule has 0 amide bonds. The maximum absolute atomic E-state index is 12.7. The topological polar surface area (TPSA) is 62.2 Å². The third-order valence-electron chi connectivity index (χ3n) is 2.48. The third-order valence-corrected chi connectivity index (χ3v) is 2.82. The Labute approximate surface area is 106 Å². The first-order chi connectivity index (χ1) is 8.18. The molecule has 0 saturated carbocycles. The first-order valence-corrected chi connectivity index (χ1v) is 5.20. The quantitative estimate of drug-likeness (QED) is 0.889. The second kappa shape index (κ2) is 5.11. The van der Waals surface area contributed by atoms with E-state index in [0.29, 0.717) is 12.5 Å². The van der Waals surface area contributed by atoms with Crippen LogP contribution in [0.25, 0.3) is 0 Å². The zero-order chi connectivity index (χ0) is 14.0. The van der Waals surface area contributed by atoms with E-state index in [1.54, 1.807) is 0 Å². The van der Waals surface area contributed by atoms with E-state index in [2.05, 4.69) is 4.98 Å². The number of hydrogen-bond acceptors (Lipinski definition) is 3. The van der Waals surface area contributed by atoms with Crippen LogP contribution in [-0.2, 0) is 11.3 Å². The predicted molar refractivity (Wildman–Crippen MR) is 58.2 cm³/mol. The summed E-state index contributed by atoms with van der Waals surface area (Å²) in [5.74, 6) is -2.00. The Morgan fingerprint density at radius 1 is 1.56 bits per heavy atom. The lowest BCUT2D eigenvalue weighted by Gasteiger charge is -2.28. The first kappa shape index (κ1) is 14.7. The van der Waals surface area contributed by atoms with E-state index >= 15 is 0 Å². The normalized spacial score (nSPS) is 15.2. The Balaban J connectivity index is 2.89. The van der Waals surface area contributed by atoms with Gasteiger partial charge in [-0.1, -0.05) is 11.6 Å². The summed E-state index contributed by atoms with van der Waals surface area (Å²) in [6.07, 6.45) is -2.29. The molecular weight excluding hydrogens is 273 g/mol. The molecule has 4 nitrogen and oxygen atoms in total. The number of rotatable bonds is 4. The number of pyridine rings is 1. The molecule has 1 aromatic rings. The molecule has 1 atom stereocenters. The summed E-state index contributed by atoms with van der Waals surface area (Å²) in [5.41, 5.74) is -2.69. The minimum Gasteiger partial charge on any atom is -0.480 e. The van der Waals surface area contributed by atoms with Gasteiger partial charge >= 0.3 is 12.1 Å². The van der Waals surface area contributed by atoms with Crippen LogP contribution in [0.2, 0.25) is 5.02 Å². The van der Waals surface area contributed by atoms with Gasteiger partial charge in [0, 0.05) is 18.9 Å². The number of aromatic nitrogens is 1. The van der Waals surface area contributed by atoms with Crippen molar-refractivity contribution in [3.05, 3.63) is 29.0 Å². The highest BCUT2D eigenvalue weighted by Gasteiger charge is 2.57. The van der Waals surface area contributed by atoms with Crippen molar-refractivity contribution in [2.75, 3.05) is 0 Å². The number of nitrogens with one attached hydrogen (secondary N) is 1. The molecule has 0 radical (unpaired) electrons. The summed E-state index contributed by atoms with van der Waals surface area (Å²) < 4.78 is 38.0. The second-order valence-corrected chi connectivity index (χ2v) is 4.16. The van der Waals surface area contributed by atoms with Crippen LogP contribution in [0.4, 0.5) is 13.2 Å². The molecule has 0 aliphatic rings. The fourth-order valence-electron chi connectivity index (χ4n) is 1.12. The summed E-state index contributed by atoms with van der Waals surface area (Å²) in [6, 6.07) is 1.41. The van der Waals surface area contributed by atoms with Gasteiger partial charge < -0.3 is 5.11 Å². The summed E-state index contributed by atoms with van der Waals surface area (Å²) in [4.78, 5) is 14.4. The smallest absolute Gasteiger partial charge is 0.417 e. The van der Waals surface area contributed by atoms with Crippen LogP contribution < -0.4 is 5.32 Å². The van der Waals surface area contributed by atoms with Crippen molar-refractivity contribution in [3.8, 4) is 0 Å². The van der Waals surface area contributed by atoms with Gasteiger partial charge in [-0.15, -0.1) is 0 Å². The van der Waals surface area contributed by atoms with Gasteiger partial charge in [0.15, 0.2) is 0 Å². The Hall–Kier alpha value is -1.34. The fraction of sp³-hybridized carbons (Fsp3) is 0.400. The van der Waals surface area contributed by atoms with E-state index in [9.17, 15) is 18.0 Å². The Bertz CT molecular complexity index is 453. The third kappa shape index (κ3) is 2.91. The summed E-state index contributed by atoms with van der Waals surface area (Å²) in [7, 11) is 0. The monoisotopic (exact) mass is 282 g/mol. The average Bonchev–Trinajstić information content (AvgIpc) is 2.25. The number of hydrogen-bond donors (Lipinski definition) is 2. The molecule has 0 spiro atoms. The molecule has 100 valence electrons. The standard InChI is InChI=1S/C10H10ClF3N2O2/c1-9(8(17)18,10(12,13)14)16-4-6-2-3-15-5-7(6)11/h2-3,5,16H,4H2,1H3,(H,17,18). The van der Waals surface area contributed by atoms with Crippen LogP contribution in [0.15, 0.2) is 18.5 Å². The molecule has 1 heterocycles. The largest absolute Gasteiger partial charge is 0.480 e. The number of aliphatic carboxylic acids is 1. The van der Waals surface area contributed by atoms with Gasteiger partial charge in [-0.05, 0) is 18.6 Å². The van der Waals surface area contributed by atoms with Crippen LogP contribution in [0.1, 0.15) is 12.5 Å². The maximum atomic E-state index is 12.7. The molecule has 0 fully saturated rings. The van der Waals surface area contributed by atoms with Crippen LogP contribution in [0.3, 0.4) is 0 Å². The van der Waals surface area contributed by atoms with Crippen molar-refractivity contribution in [1.82, 2.24) is 10.3 Å². The van der Waals surface area contributed by atoms with E-state index in [0.717, 1.165) is 0 Å². The highest BCUT2D eigenvalue weighted by atomic mass is 35.5. The molecule has 0 aliphatic carbocycles. The van der Waals surface area contributed by atoms with Crippen molar-refractivity contribution in [2.24, 2.45) is 0 Å². The van der Waals surface area contributed by atoms with Crippen LogP contribution >= 0.6 is 11.6 Å². The van der Waals surface area contributed by atoms with E-state index in [4.69, 9.17) is 16.7 Å². The lowest BCUT2D eigenvalue weighted by molar-refractivity contribution is -0.206. The van der Waals surface area contributed by atoms with Crippen LogP contribution in [0.5, 0.6) is 0 Å². The molecule has 0 aliphatic heterocycles. The van der Waals surface area contributed by atoms with Crippen LogP contribution in [0, 0.1) is 0 Å². The Morgan fingerprint density at radius 3 is 2.61 bits per heavy atom. The fourth-order valence-corrected chi connectivity index (χ4v) is 1.30. The number of halogens is 4. The summed E-state index contributed by atoms with van der Waals surface area (Å²) in [5, 5.41) is 10.8. The van der Waals surface area contributed by atoms with E-state index in [-0.39, 0.29) is 11.6 Å². The Morgan fingerprint density at radius 2 is 2.17 bits per heavy atom. The van der Waals surface area contributed by atoms with Gasteiger partial charge in [-0.25, -0.2) is 4.79 Å². The number of nitrogens with zero attached hydrogens (tertiary/aromatic N) is 1. The molecule has 18 heavy (non-hydrogen) atoms. The first-order valence-electron chi connectivity index (χ1n) is 4.82. The molecule has 0 bridgehead atoms. The van der Waals surface area contributed by atoms with Crippen molar-refractivity contribution in [1.29, 1.82) is 0 Å². The lowest BCUT2D eigenvalue weighted by Crippen LogP contribution is -2.59. The summed E-state index contributed by atoms with van der Waals surface area (Å²) in [6.45, 7) is 0.230. The van der Waals surface area contributed by atoms with Crippen molar-refractivity contribution in [2.45, 2.75) is 25.2 Å². The number of carbonyl (C=O) groups is 1. The maximum Gasteiger partial charge on any atom is 0.417 e. The summed E-state index contributed by atoms with van der Waals surface area (Å²) >= 11 is 5.72. The number of carboxylic acid groups (broad SMARTS) is 1. The molecule has 1 unspecified atom stereocenters. The minimum absolute atomic E-state index is 0.167. The zero-order valence-electron chi connectivity index (χ0n) is 9.25. The molecule has 1 aromatic heterocycles. The van der Waals surface area contributed by atoms with Gasteiger partial charge in [-0.2, -0.15) is 13.2 Å². The van der Waals surface area contributed by atoms with Crippen molar-refractivity contribution in [3.63, 3.8) is 0 Å². The van der Waals surface area contributed by atoms with E-state index in [1.807, 2.05) is 5.32 Å². The number of alkyl halides is 3. The predicted octanol–water partition coefficient (Wildman–Crippen LogP) is 2.23. The second-order valence-electron chi connectivity index (χ2n) is 3.75. The highest BCUT2D eigenvalue weighted by Crippen LogP contribution is 2.31. The highest BCUT2D eigenvalue weighted by molar-refractivity contribution is 6.31.